The molecule has 322 valence electrons. The molecule has 2 unspecified atom stereocenters. The minimum atomic E-state index is -0.369. The van der Waals surface area contributed by atoms with E-state index < -0.39 is 0 Å². The van der Waals surface area contributed by atoms with Crippen LogP contribution in [0.5, 0.6) is 0 Å². The Balaban J connectivity index is 0.911. The van der Waals surface area contributed by atoms with Gasteiger partial charge in [-0.15, -0.1) is 0 Å². The van der Waals surface area contributed by atoms with Gasteiger partial charge in [-0.1, -0.05) is 177 Å². The minimum Gasteiger partial charge on any atom is -0.315 e. The number of aromatic nitrogens is 1. The van der Waals surface area contributed by atoms with E-state index in [1.807, 2.05) is 11.8 Å². The number of benzene rings is 7. The first-order chi connectivity index (χ1) is 33.0. The van der Waals surface area contributed by atoms with Crippen LogP contribution in [0.25, 0.3) is 38.6 Å². The van der Waals surface area contributed by atoms with E-state index in [9.17, 15) is 0 Å². The van der Waals surface area contributed by atoms with Crippen LogP contribution in [0.1, 0.15) is 84.4 Å². The second-order valence-electron chi connectivity index (χ2n) is 19.8. The first kappa shape index (κ1) is 39.1. The van der Waals surface area contributed by atoms with Crippen molar-refractivity contribution in [1.29, 1.82) is 0 Å². The van der Waals surface area contributed by atoms with Crippen LogP contribution in [0, 0.1) is 5.92 Å². The van der Waals surface area contributed by atoms with Crippen molar-refractivity contribution in [3.05, 3.63) is 262 Å². The van der Waals surface area contributed by atoms with E-state index in [1.54, 1.807) is 0 Å². The van der Waals surface area contributed by atoms with Crippen molar-refractivity contribution in [2.45, 2.75) is 66.1 Å². The number of para-hydroxylation sites is 1. The molecule has 0 N–H and O–H groups in total. The van der Waals surface area contributed by atoms with Crippen LogP contribution in [0.15, 0.2) is 233 Å². The Morgan fingerprint density at radius 1 is 0.642 bits per heavy atom. The summed E-state index contributed by atoms with van der Waals surface area (Å²) in [6, 6.07) is 61.9. The fourth-order valence-electron chi connectivity index (χ4n) is 13.1. The summed E-state index contributed by atoms with van der Waals surface area (Å²) >= 11 is 1.96. The fraction of sp³-hybridized carbons (Fsp3) is 0.156. The van der Waals surface area contributed by atoms with Crippen LogP contribution in [-0.2, 0) is 10.8 Å². The maximum absolute atomic E-state index is 2.55. The van der Waals surface area contributed by atoms with Crippen molar-refractivity contribution >= 4 is 50.4 Å². The largest absolute Gasteiger partial charge is 0.315 e. The number of anilines is 1. The van der Waals surface area contributed by atoms with Crippen molar-refractivity contribution < 1.29 is 0 Å². The van der Waals surface area contributed by atoms with E-state index >= 15 is 0 Å². The molecule has 0 saturated heterocycles. The average molecular weight is 879 g/mol. The van der Waals surface area contributed by atoms with E-state index in [2.05, 4.69) is 230 Å². The summed E-state index contributed by atoms with van der Waals surface area (Å²) in [4.78, 5) is 5.26. The molecule has 3 atom stereocenters. The Labute approximate surface area is 397 Å². The zero-order chi connectivity index (χ0) is 44.4. The molecule has 1 aromatic heterocycles. The third-order valence-electron chi connectivity index (χ3n) is 16.2. The van der Waals surface area contributed by atoms with Gasteiger partial charge in [0.2, 0.25) is 0 Å². The Bertz CT molecular complexity index is 3590. The van der Waals surface area contributed by atoms with Crippen molar-refractivity contribution in [1.82, 2.24) is 4.57 Å². The van der Waals surface area contributed by atoms with Gasteiger partial charge in [0.1, 0.15) is 0 Å². The molecule has 3 heteroatoms. The van der Waals surface area contributed by atoms with Gasteiger partial charge >= 0.3 is 0 Å². The highest BCUT2D eigenvalue weighted by Crippen LogP contribution is 2.64. The molecule has 2 heterocycles. The summed E-state index contributed by atoms with van der Waals surface area (Å²) in [5.74, 6) is 0.771. The lowest BCUT2D eigenvalue weighted by Gasteiger charge is -2.41. The van der Waals surface area contributed by atoms with Gasteiger partial charge in [0, 0.05) is 49.3 Å². The van der Waals surface area contributed by atoms with Crippen LogP contribution in [0.4, 0.5) is 5.69 Å². The van der Waals surface area contributed by atoms with Crippen LogP contribution in [0.2, 0.25) is 0 Å². The molecular weight excluding hydrogens is 829 g/mol. The third kappa shape index (κ3) is 5.52. The Hall–Kier alpha value is -7.07. The molecule has 7 aromatic carbocycles. The SMILES string of the molecule is CC1(C)c2ccccc2C2=CC=C(N(C3=CC[C@H](c4ccccc4)C=C3)c3ccc(-n4c5ccccc5c5c6c(ccc54)C4(C5=C(CCC=C5)c5ccccc54)c4ccccc4S6)cc3)CC21. The van der Waals surface area contributed by atoms with Crippen molar-refractivity contribution in [3.8, 4) is 5.69 Å². The highest BCUT2D eigenvalue weighted by Gasteiger charge is 2.51. The van der Waals surface area contributed by atoms with Gasteiger partial charge in [0.25, 0.3) is 0 Å². The highest BCUT2D eigenvalue weighted by molar-refractivity contribution is 7.99. The van der Waals surface area contributed by atoms with E-state index in [0.717, 1.165) is 25.7 Å². The number of allylic oxidation sites excluding steroid dienone is 11. The maximum atomic E-state index is 2.55. The smallest absolute Gasteiger partial charge is 0.0732 e. The van der Waals surface area contributed by atoms with Crippen LogP contribution in [0.3, 0.4) is 0 Å². The fourth-order valence-corrected chi connectivity index (χ4v) is 14.5. The number of rotatable bonds is 5. The van der Waals surface area contributed by atoms with Crippen LogP contribution in [-0.4, -0.2) is 4.57 Å². The Morgan fingerprint density at radius 2 is 1.39 bits per heavy atom. The standard InChI is InChI=1S/C64H50N2S/c1-63(2)52-22-10-6-18-47(52)50-37-36-46(40-57(50)63)65(43-30-28-42(29-31-43)41-16-4-3-5-17-41)44-32-34-45(35-33-44)66-58-26-14-9-21-51(58)61-59(66)39-38-56-62(61)67-60-27-15-13-25-55(60)64(56)53-23-11-7-19-48(53)49-20-8-12-24-54(49)64/h3-7,9-19,21-28,30-39,42,57H,8,20,29,40H2,1-2H3/t42-,57?,64?/m1/s1. The molecule has 5 aliphatic carbocycles. The van der Waals surface area contributed by atoms with E-state index in [4.69, 9.17) is 0 Å². The quantitative estimate of drug-likeness (QED) is 0.170. The second kappa shape index (κ2) is 14.7. The molecule has 0 amide bonds. The van der Waals surface area contributed by atoms with Gasteiger partial charge in [0.05, 0.1) is 16.4 Å². The van der Waals surface area contributed by atoms with Gasteiger partial charge < -0.3 is 9.47 Å². The molecule has 0 radical (unpaired) electrons. The Morgan fingerprint density at radius 3 is 2.22 bits per heavy atom. The number of hydrogen-bond donors (Lipinski definition) is 0. The number of nitrogens with zero attached hydrogens (tertiary/aromatic N) is 2. The second-order valence-corrected chi connectivity index (χ2v) is 20.9. The van der Waals surface area contributed by atoms with Gasteiger partial charge in [-0.2, -0.15) is 0 Å². The normalized spacial score (nSPS) is 21.6. The van der Waals surface area contributed by atoms with Gasteiger partial charge in [-0.25, -0.2) is 0 Å². The van der Waals surface area contributed by atoms with Crippen LogP contribution < -0.4 is 4.90 Å². The number of fused-ring (bicyclic) bond motifs is 15. The molecule has 67 heavy (non-hydrogen) atoms. The molecular formula is C64H50N2S. The molecule has 2 nitrogen and oxygen atoms in total. The average Bonchev–Trinajstić information content (AvgIpc) is 3.96. The number of hydrogen-bond acceptors (Lipinski definition) is 2. The zero-order valence-corrected chi connectivity index (χ0v) is 38.7. The Kier molecular flexibility index (Phi) is 8.59. The molecule has 14 rings (SSSR count). The molecule has 0 fully saturated rings. The van der Waals surface area contributed by atoms with Crippen LogP contribution >= 0.6 is 11.8 Å². The molecule has 6 aliphatic rings. The lowest BCUT2D eigenvalue weighted by molar-refractivity contribution is 0.406. The summed E-state index contributed by atoms with van der Waals surface area (Å²) in [6.07, 6.45) is 21.0. The summed E-state index contributed by atoms with van der Waals surface area (Å²) in [5, 5.41) is 2.63. The predicted octanol–water partition coefficient (Wildman–Crippen LogP) is 16.4. The molecule has 1 spiro atoms. The van der Waals surface area contributed by atoms with Crippen molar-refractivity contribution in [2.24, 2.45) is 5.92 Å². The highest BCUT2D eigenvalue weighted by atomic mass is 32.2. The van der Waals surface area contributed by atoms with E-state index in [1.165, 1.54) is 110 Å². The molecule has 8 aromatic rings. The predicted molar refractivity (Wildman–Crippen MR) is 280 cm³/mol. The molecule has 0 bridgehead atoms. The first-order valence-electron chi connectivity index (χ1n) is 24.2. The summed E-state index contributed by atoms with van der Waals surface area (Å²) in [5.41, 5.74) is 21.4. The third-order valence-corrected chi connectivity index (χ3v) is 17.4. The lowest BCUT2D eigenvalue weighted by atomic mass is 9.66. The van der Waals surface area contributed by atoms with Gasteiger partial charge in [-0.3, -0.25) is 0 Å². The zero-order valence-electron chi connectivity index (χ0n) is 37.9. The molecule has 1 aliphatic heterocycles. The maximum Gasteiger partial charge on any atom is 0.0732 e. The van der Waals surface area contributed by atoms with Gasteiger partial charge in [-0.05, 0) is 147 Å². The topological polar surface area (TPSA) is 8.17 Å². The summed E-state index contributed by atoms with van der Waals surface area (Å²) in [7, 11) is 0. The molecule has 0 saturated carbocycles. The monoisotopic (exact) mass is 878 g/mol. The van der Waals surface area contributed by atoms with Crippen molar-refractivity contribution in [2.75, 3.05) is 4.90 Å². The van der Waals surface area contributed by atoms with Gasteiger partial charge in [0.15, 0.2) is 0 Å². The minimum absolute atomic E-state index is 0.0376. The summed E-state index contributed by atoms with van der Waals surface area (Å²) < 4.78 is 2.51. The lowest BCUT2D eigenvalue weighted by Crippen LogP contribution is -2.33. The van der Waals surface area contributed by atoms with Crippen molar-refractivity contribution in [3.63, 3.8) is 0 Å². The van der Waals surface area contributed by atoms with E-state index in [0.29, 0.717) is 11.8 Å². The summed E-state index contributed by atoms with van der Waals surface area (Å²) in [6.45, 7) is 4.88. The first-order valence-corrected chi connectivity index (χ1v) is 25.0. The van der Waals surface area contributed by atoms with E-state index in [-0.39, 0.29) is 10.8 Å².